The van der Waals surface area contributed by atoms with Crippen LogP contribution in [0.1, 0.15) is 5.56 Å². The second-order valence-corrected chi connectivity index (χ2v) is 2.19. The Kier molecular flexibility index (Phi) is 2.93. The van der Waals surface area contributed by atoms with E-state index in [0.29, 0.717) is 6.54 Å². The molecular formula is C9H11NO-. The molecule has 0 atom stereocenters. The highest BCUT2D eigenvalue weighted by Crippen LogP contribution is 2.16. The SMILES string of the molecule is [CH2-][N]Cc1ccccc1OC. The minimum atomic E-state index is 0.615. The van der Waals surface area contributed by atoms with Crippen molar-refractivity contribution in [1.29, 1.82) is 0 Å². The number of benzene rings is 1. The molecule has 1 rings (SSSR count). The van der Waals surface area contributed by atoms with Gasteiger partial charge in [0, 0.05) is 12.1 Å². The lowest BCUT2D eigenvalue weighted by Crippen LogP contribution is -1.97. The molecule has 0 saturated heterocycles. The molecule has 0 spiro atoms. The van der Waals surface area contributed by atoms with Crippen LogP contribution in [0.25, 0.3) is 0 Å². The van der Waals surface area contributed by atoms with Gasteiger partial charge in [0.05, 0.1) is 7.11 Å². The number of ether oxygens (including phenoxy) is 1. The first-order chi connectivity index (χ1) is 5.38. The van der Waals surface area contributed by atoms with Gasteiger partial charge in [0.25, 0.3) is 0 Å². The smallest absolute Gasteiger partial charge is 0.123 e. The van der Waals surface area contributed by atoms with Crippen molar-refractivity contribution < 1.29 is 4.74 Å². The summed E-state index contributed by atoms with van der Waals surface area (Å²) >= 11 is 0. The highest BCUT2D eigenvalue weighted by atomic mass is 16.5. The molecule has 0 aliphatic rings. The van der Waals surface area contributed by atoms with Crippen LogP contribution < -0.4 is 10.1 Å². The van der Waals surface area contributed by atoms with Gasteiger partial charge in [-0.25, -0.2) is 0 Å². The summed E-state index contributed by atoms with van der Waals surface area (Å²) in [5.74, 6) is 0.875. The van der Waals surface area contributed by atoms with Gasteiger partial charge in [-0.15, -0.1) is 0 Å². The van der Waals surface area contributed by atoms with Gasteiger partial charge < -0.3 is 10.1 Å². The number of nitrogens with zero attached hydrogens (tertiary/aromatic N) is 1. The molecule has 2 heteroatoms. The van der Waals surface area contributed by atoms with Crippen molar-refractivity contribution in [2.45, 2.75) is 6.54 Å². The van der Waals surface area contributed by atoms with Gasteiger partial charge in [0.2, 0.25) is 0 Å². The minimum absolute atomic E-state index is 0.615. The molecule has 59 valence electrons. The molecule has 11 heavy (non-hydrogen) atoms. The maximum atomic E-state index is 5.11. The van der Waals surface area contributed by atoms with Gasteiger partial charge in [-0.1, -0.05) is 18.2 Å². The predicted molar refractivity (Wildman–Crippen MR) is 44.2 cm³/mol. The molecular weight excluding hydrogens is 138 g/mol. The Balaban J connectivity index is 2.83. The largest absolute Gasteiger partial charge is 0.496 e. The fourth-order valence-corrected chi connectivity index (χ4v) is 0.954. The Bertz CT molecular complexity index is 223. The van der Waals surface area contributed by atoms with Gasteiger partial charge in [0.15, 0.2) is 0 Å². The second-order valence-electron chi connectivity index (χ2n) is 2.19. The first kappa shape index (κ1) is 8.08. The lowest BCUT2D eigenvalue weighted by molar-refractivity contribution is 0.408. The first-order valence-corrected chi connectivity index (χ1v) is 3.43. The molecule has 0 aromatic heterocycles. The molecule has 0 unspecified atom stereocenters. The summed E-state index contributed by atoms with van der Waals surface area (Å²) in [5, 5.41) is 3.78. The molecule has 1 aromatic rings. The summed E-state index contributed by atoms with van der Waals surface area (Å²) in [7, 11) is 5.08. The van der Waals surface area contributed by atoms with Crippen molar-refractivity contribution >= 4 is 0 Å². The third kappa shape index (κ3) is 1.95. The van der Waals surface area contributed by atoms with Crippen LogP contribution in [0.15, 0.2) is 24.3 Å². The van der Waals surface area contributed by atoms with Crippen LogP contribution in [0.2, 0.25) is 0 Å². The second kappa shape index (κ2) is 3.98. The number of methoxy groups -OCH3 is 1. The first-order valence-electron chi connectivity index (χ1n) is 3.43. The summed E-state index contributed by atoms with van der Waals surface area (Å²) in [6.45, 7) is 0.615. The van der Waals surface area contributed by atoms with E-state index in [1.165, 1.54) is 0 Å². The monoisotopic (exact) mass is 149 g/mol. The van der Waals surface area contributed by atoms with E-state index in [0.717, 1.165) is 11.3 Å². The van der Waals surface area contributed by atoms with Crippen molar-refractivity contribution in [3.8, 4) is 5.75 Å². The highest BCUT2D eigenvalue weighted by Gasteiger charge is 1.96. The summed E-state index contributed by atoms with van der Waals surface area (Å²) in [5.41, 5.74) is 1.07. The molecule has 0 amide bonds. The van der Waals surface area contributed by atoms with E-state index in [9.17, 15) is 0 Å². The topological polar surface area (TPSA) is 23.3 Å². The van der Waals surface area contributed by atoms with Crippen LogP contribution >= 0.6 is 0 Å². The standard InChI is InChI=1S/C9H11NO/c1-10-7-8-5-3-4-6-9(8)11-2/h3-6H,1,7H2,2H3/q-1. The molecule has 0 aliphatic heterocycles. The van der Waals surface area contributed by atoms with Gasteiger partial charge >= 0.3 is 0 Å². The maximum absolute atomic E-state index is 5.11. The summed E-state index contributed by atoms with van der Waals surface area (Å²) in [6, 6.07) is 7.79. The molecule has 0 saturated carbocycles. The molecule has 1 radical (unpaired) electrons. The normalized spacial score (nSPS) is 9.64. The van der Waals surface area contributed by atoms with Crippen LogP contribution in [0.3, 0.4) is 0 Å². The van der Waals surface area contributed by atoms with Gasteiger partial charge in [0.1, 0.15) is 5.75 Å². The third-order valence-corrected chi connectivity index (χ3v) is 1.47. The quantitative estimate of drug-likeness (QED) is 0.598. The van der Waals surface area contributed by atoms with Crippen molar-refractivity contribution in [2.75, 3.05) is 7.11 Å². The summed E-state index contributed by atoms with van der Waals surface area (Å²) < 4.78 is 5.11. The number of rotatable bonds is 3. The number of hydrogen-bond acceptors (Lipinski definition) is 1. The average Bonchev–Trinajstić information content (AvgIpc) is 2.06. The van der Waals surface area contributed by atoms with Crippen molar-refractivity contribution in [3.05, 3.63) is 36.9 Å². The fourth-order valence-electron chi connectivity index (χ4n) is 0.954. The van der Waals surface area contributed by atoms with E-state index in [1.54, 1.807) is 7.11 Å². The number of hydrogen-bond donors (Lipinski definition) is 0. The van der Waals surface area contributed by atoms with Crippen molar-refractivity contribution in [3.63, 3.8) is 0 Å². The molecule has 1 aromatic carbocycles. The zero-order valence-corrected chi connectivity index (χ0v) is 6.58. The fraction of sp³-hybridized carbons (Fsp3) is 0.222. The van der Waals surface area contributed by atoms with E-state index in [2.05, 4.69) is 12.4 Å². The van der Waals surface area contributed by atoms with E-state index in [1.807, 2.05) is 24.3 Å². The molecule has 0 fully saturated rings. The van der Waals surface area contributed by atoms with E-state index in [-0.39, 0.29) is 0 Å². The van der Waals surface area contributed by atoms with E-state index < -0.39 is 0 Å². The molecule has 2 nitrogen and oxygen atoms in total. The zero-order chi connectivity index (χ0) is 8.10. The van der Waals surface area contributed by atoms with Crippen LogP contribution in [0.5, 0.6) is 5.75 Å². The predicted octanol–water partition coefficient (Wildman–Crippen LogP) is 1.59. The Morgan fingerprint density at radius 2 is 2.18 bits per heavy atom. The van der Waals surface area contributed by atoms with Crippen molar-refractivity contribution in [1.82, 2.24) is 5.32 Å². The Morgan fingerprint density at radius 3 is 2.82 bits per heavy atom. The van der Waals surface area contributed by atoms with Gasteiger partial charge in [-0.2, -0.15) is 0 Å². The number of para-hydroxylation sites is 1. The average molecular weight is 149 g/mol. The van der Waals surface area contributed by atoms with Gasteiger partial charge in [-0.3, -0.25) is 7.05 Å². The minimum Gasteiger partial charge on any atom is -0.496 e. The van der Waals surface area contributed by atoms with Gasteiger partial charge in [-0.05, 0) is 6.07 Å². The van der Waals surface area contributed by atoms with Crippen molar-refractivity contribution in [2.24, 2.45) is 0 Å². The Labute approximate surface area is 67.2 Å². The molecule has 0 heterocycles. The Hall–Kier alpha value is -1.02. The molecule has 0 N–H and O–H groups in total. The Morgan fingerprint density at radius 1 is 1.45 bits per heavy atom. The molecule has 0 aliphatic carbocycles. The van der Waals surface area contributed by atoms with E-state index in [4.69, 9.17) is 4.74 Å². The van der Waals surface area contributed by atoms with Crippen LogP contribution in [0.4, 0.5) is 0 Å². The lowest BCUT2D eigenvalue weighted by Gasteiger charge is -2.07. The van der Waals surface area contributed by atoms with Crippen LogP contribution in [-0.2, 0) is 6.54 Å². The maximum Gasteiger partial charge on any atom is 0.123 e. The zero-order valence-electron chi connectivity index (χ0n) is 6.58. The van der Waals surface area contributed by atoms with Crippen LogP contribution in [0, 0.1) is 7.05 Å². The van der Waals surface area contributed by atoms with E-state index >= 15 is 0 Å². The van der Waals surface area contributed by atoms with Crippen LogP contribution in [-0.4, -0.2) is 7.11 Å². The summed E-state index contributed by atoms with van der Waals surface area (Å²) in [4.78, 5) is 0. The molecule has 0 bridgehead atoms. The highest BCUT2D eigenvalue weighted by molar-refractivity contribution is 5.32. The third-order valence-electron chi connectivity index (χ3n) is 1.47. The summed E-state index contributed by atoms with van der Waals surface area (Å²) in [6.07, 6.45) is 0. The lowest BCUT2D eigenvalue weighted by atomic mass is 10.2.